The number of nitrogens with zero attached hydrogens (tertiary/aromatic N) is 4. The molecule has 2 saturated heterocycles. The Morgan fingerprint density at radius 1 is 0.865 bits per heavy atom. The summed E-state index contributed by atoms with van der Waals surface area (Å²) in [4.78, 5) is 30.0. The fourth-order valence-electron chi connectivity index (χ4n) is 6.03. The van der Waals surface area contributed by atoms with Gasteiger partial charge in [0.25, 0.3) is 0 Å². The minimum atomic E-state index is -0.0538. The topological polar surface area (TPSA) is 70.5 Å². The van der Waals surface area contributed by atoms with Gasteiger partial charge in [-0.05, 0) is 87.4 Å². The van der Waals surface area contributed by atoms with Gasteiger partial charge in [-0.15, -0.1) is 0 Å². The predicted molar refractivity (Wildman–Crippen MR) is 145 cm³/mol. The number of rotatable bonds is 6. The van der Waals surface area contributed by atoms with Gasteiger partial charge in [-0.1, -0.05) is 30.3 Å². The van der Waals surface area contributed by atoms with Crippen LogP contribution >= 0.6 is 0 Å². The normalized spacial score (nSPS) is 18.2. The maximum atomic E-state index is 13.1. The smallest absolute Gasteiger partial charge is 0.239 e. The van der Waals surface area contributed by atoms with Crippen molar-refractivity contribution in [1.29, 1.82) is 0 Å². The molecule has 7 heteroatoms. The van der Waals surface area contributed by atoms with Gasteiger partial charge >= 0.3 is 0 Å². The SMILES string of the molecule is O=C(CN1CCC(C(=O)N2CCCC2)CC1)Nc1cc(-c2ccc3c(c2)CCC3)nn1-c1ccccc1. The molecule has 192 valence electrons. The molecule has 3 heterocycles. The largest absolute Gasteiger partial charge is 0.342 e. The van der Waals surface area contributed by atoms with Crippen molar-refractivity contribution < 1.29 is 9.59 Å². The van der Waals surface area contributed by atoms with Gasteiger partial charge in [-0.3, -0.25) is 14.5 Å². The van der Waals surface area contributed by atoms with Gasteiger partial charge in [0.1, 0.15) is 5.82 Å². The highest BCUT2D eigenvalue weighted by Crippen LogP contribution is 2.30. The van der Waals surface area contributed by atoms with E-state index in [9.17, 15) is 9.59 Å². The highest BCUT2D eigenvalue weighted by atomic mass is 16.2. The molecule has 37 heavy (non-hydrogen) atoms. The predicted octanol–water partition coefficient (Wildman–Crippen LogP) is 4.30. The number of fused-ring (bicyclic) bond motifs is 1. The first-order chi connectivity index (χ1) is 18.1. The van der Waals surface area contributed by atoms with Crippen molar-refractivity contribution in [2.75, 3.05) is 38.0 Å². The van der Waals surface area contributed by atoms with Gasteiger partial charge in [-0.25, -0.2) is 4.68 Å². The number of piperidine rings is 1. The van der Waals surface area contributed by atoms with Gasteiger partial charge < -0.3 is 10.2 Å². The monoisotopic (exact) mass is 497 g/mol. The summed E-state index contributed by atoms with van der Waals surface area (Å²) < 4.78 is 1.82. The lowest BCUT2D eigenvalue weighted by Crippen LogP contribution is -2.44. The van der Waals surface area contributed by atoms with E-state index >= 15 is 0 Å². The minimum absolute atomic E-state index is 0.0538. The molecule has 3 aliphatic rings. The van der Waals surface area contributed by atoms with Crippen LogP contribution in [-0.4, -0.2) is 64.1 Å². The number of anilines is 1. The van der Waals surface area contributed by atoms with E-state index in [1.54, 1.807) is 0 Å². The van der Waals surface area contributed by atoms with E-state index in [4.69, 9.17) is 5.10 Å². The summed E-state index contributed by atoms with van der Waals surface area (Å²) in [6.45, 7) is 3.68. The molecule has 6 rings (SSSR count). The molecule has 2 fully saturated rings. The maximum absolute atomic E-state index is 13.1. The maximum Gasteiger partial charge on any atom is 0.239 e. The molecule has 2 amide bonds. The second-order valence-corrected chi connectivity index (χ2v) is 10.6. The summed E-state index contributed by atoms with van der Waals surface area (Å²) in [6, 6.07) is 18.5. The molecule has 0 spiro atoms. The van der Waals surface area contributed by atoms with Crippen molar-refractivity contribution in [3.05, 3.63) is 65.7 Å². The second-order valence-electron chi connectivity index (χ2n) is 10.6. The molecule has 0 radical (unpaired) electrons. The zero-order chi connectivity index (χ0) is 25.2. The lowest BCUT2D eigenvalue weighted by atomic mass is 9.95. The molecule has 0 bridgehead atoms. The van der Waals surface area contributed by atoms with Gasteiger partial charge in [-0.2, -0.15) is 5.10 Å². The fraction of sp³-hybridized carbons (Fsp3) is 0.433. The summed E-state index contributed by atoms with van der Waals surface area (Å²) in [5, 5.41) is 8.01. The average Bonchev–Trinajstić information content (AvgIpc) is 3.70. The first-order valence-corrected chi connectivity index (χ1v) is 13.7. The van der Waals surface area contributed by atoms with Crippen LogP contribution in [0.4, 0.5) is 5.82 Å². The van der Waals surface area contributed by atoms with Crippen LogP contribution in [0.2, 0.25) is 0 Å². The van der Waals surface area contributed by atoms with E-state index in [0.29, 0.717) is 18.3 Å². The number of aryl methyl sites for hydroxylation is 2. The Morgan fingerprint density at radius 2 is 1.62 bits per heavy atom. The van der Waals surface area contributed by atoms with Crippen molar-refractivity contribution in [1.82, 2.24) is 19.6 Å². The highest BCUT2D eigenvalue weighted by molar-refractivity contribution is 5.92. The first-order valence-electron chi connectivity index (χ1n) is 13.7. The van der Waals surface area contributed by atoms with E-state index in [2.05, 4.69) is 28.4 Å². The van der Waals surface area contributed by atoms with Crippen molar-refractivity contribution in [3.8, 4) is 16.9 Å². The Labute approximate surface area is 218 Å². The lowest BCUT2D eigenvalue weighted by molar-refractivity contribution is -0.136. The average molecular weight is 498 g/mol. The van der Waals surface area contributed by atoms with Crippen molar-refractivity contribution >= 4 is 17.6 Å². The molecular formula is C30H35N5O2. The Kier molecular flexibility index (Phi) is 6.79. The number of carbonyl (C=O) groups is 2. The van der Waals surface area contributed by atoms with Gasteiger partial charge in [0.2, 0.25) is 11.8 Å². The number of amides is 2. The number of nitrogens with one attached hydrogen (secondary N) is 1. The fourth-order valence-corrected chi connectivity index (χ4v) is 6.03. The summed E-state index contributed by atoms with van der Waals surface area (Å²) in [6.07, 6.45) is 7.38. The summed E-state index contributed by atoms with van der Waals surface area (Å²) in [5.74, 6) is 1.03. The molecule has 1 aliphatic carbocycles. The van der Waals surface area contributed by atoms with Gasteiger partial charge in [0.15, 0.2) is 0 Å². The third-order valence-corrected chi connectivity index (χ3v) is 8.09. The van der Waals surface area contributed by atoms with Crippen LogP contribution in [0.1, 0.15) is 43.2 Å². The summed E-state index contributed by atoms with van der Waals surface area (Å²) in [7, 11) is 0. The number of para-hydroxylation sites is 1. The lowest BCUT2D eigenvalue weighted by Gasteiger charge is -2.32. The standard InChI is InChI=1S/C30H35N5O2/c36-29(21-33-17-13-23(14-18-33)30(37)34-15-4-5-16-34)31-28-20-27(32-35(28)26-9-2-1-3-10-26)25-12-11-22-7-6-8-24(22)19-25/h1-3,9-12,19-20,23H,4-8,13-18,21H2,(H,31,36). The first kappa shape index (κ1) is 23.9. The molecule has 3 aromatic rings. The molecule has 0 atom stereocenters. The van der Waals surface area contributed by atoms with Crippen molar-refractivity contribution in [3.63, 3.8) is 0 Å². The molecule has 7 nitrogen and oxygen atoms in total. The molecular weight excluding hydrogens is 462 g/mol. The van der Waals surface area contributed by atoms with E-state index < -0.39 is 0 Å². The van der Waals surface area contributed by atoms with Crippen LogP contribution in [0.15, 0.2) is 54.6 Å². The molecule has 2 aromatic carbocycles. The molecule has 2 aliphatic heterocycles. The molecule has 0 saturated carbocycles. The zero-order valence-corrected chi connectivity index (χ0v) is 21.4. The number of aromatic nitrogens is 2. The minimum Gasteiger partial charge on any atom is -0.342 e. The Balaban J connectivity index is 1.14. The number of hydrogen-bond donors (Lipinski definition) is 1. The second kappa shape index (κ2) is 10.5. The Hall–Kier alpha value is -3.45. The van der Waals surface area contributed by atoms with E-state index in [1.165, 1.54) is 17.5 Å². The molecule has 1 aromatic heterocycles. The summed E-state index contributed by atoms with van der Waals surface area (Å²) >= 11 is 0. The van der Waals surface area contributed by atoms with Crippen LogP contribution in [0.25, 0.3) is 16.9 Å². The van der Waals surface area contributed by atoms with Crippen LogP contribution in [0.3, 0.4) is 0 Å². The van der Waals surface area contributed by atoms with Gasteiger partial charge in [0.05, 0.1) is 17.9 Å². The van der Waals surface area contributed by atoms with Crippen LogP contribution < -0.4 is 5.32 Å². The Morgan fingerprint density at radius 3 is 2.41 bits per heavy atom. The quantitative estimate of drug-likeness (QED) is 0.551. The zero-order valence-electron chi connectivity index (χ0n) is 21.4. The van der Waals surface area contributed by atoms with Crippen LogP contribution in [0, 0.1) is 5.92 Å². The summed E-state index contributed by atoms with van der Waals surface area (Å²) in [5.41, 5.74) is 5.69. The van der Waals surface area contributed by atoms with Crippen molar-refractivity contribution in [2.45, 2.75) is 44.9 Å². The third kappa shape index (κ3) is 5.18. The Bertz CT molecular complexity index is 1270. The van der Waals surface area contributed by atoms with Gasteiger partial charge in [0, 0.05) is 30.6 Å². The van der Waals surface area contributed by atoms with E-state index in [1.807, 2.05) is 46.0 Å². The van der Waals surface area contributed by atoms with Crippen LogP contribution in [-0.2, 0) is 22.4 Å². The van der Waals surface area contributed by atoms with E-state index in [-0.39, 0.29) is 11.8 Å². The number of carbonyl (C=O) groups excluding carboxylic acids is 2. The highest BCUT2D eigenvalue weighted by Gasteiger charge is 2.30. The number of likely N-dealkylation sites (tertiary alicyclic amines) is 2. The molecule has 0 unspecified atom stereocenters. The number of hydrogen-bond acceptors (Lipinski definition) is 4. The van der Waals surface area contributed by atoms with Crippen LogP contribution in [0.5, 0.6) is 0 Å². The third-order valence-electron chi connectivity index (χ3n) is 8.09. The van der Waals surface area contributed by atoms with E-state index in [0.717, 1.165) is 81.6 Å². The molecule has 1 N–H and O–H groups in total. The number of benzene rings is 2. The van der Waals surface area contributed by atoms with Crippen molar-refractivity contribution in [2.24, 2.45) is 5.92 Å².